The summed E-state index contributed by atoms with van der Waals surface area (Å²) in [6.07, 6.45) is 3.46. The van der Waals surface area contributed by atoms with Crippen LogP contribution in [0.15, 0.2) is 120 Å². The second kappa shape index (κ2) is 11.4. The van der Waals surface area contributed by atoms with E-state index in [0.717, 1.165) is 33.8 Å². The van der Waals surface area contributed by atoms with Crippen LogP contribution < -0.4 is 10.2 Å². The highest BCUT2D eigenvalue weighted by atomic mass is 35.5. The predicted octanol–water partition coefficient (Wildman–Crippen LogP) is 6.54. The number of para-hydroxylation sites is 1. The molecule has 182 valence electrons. The molecule has 0 fully saturated rings. The first-order chi connectivity index (χ1) is 18.2. The third kappa shape index (κ3) is 6.12. The fourth-order valence-electron chi connectivity index (χ4n) is 3.72. The van der Waals surface area contributed by atoms with Crippen LogP contribution in [0.1, 0.15) is 21.5 Å². The molecule has 5 rings (SSSR count). The van der Waals surface area contributed by atoms with Crippen molar-refractivity contribution in [3.63, 3.8) is 0 Å². The average Bonchev–Trinajstić information content (AvgIpc) is 3.37. The van der Waals surface area contributed by atoms with Crippen LogP contribution in [0.4, 0.5) is 0 Å². The second-order valence-electron chi connectivity index (χ2n) is 8.22. The Labute approximate surface area is 219 Å². The number of hydrogen-bond donors (Lipinski definition) is 1. The van der Waals surface area contributed by atoms with Crippen molar-refractivity contribution in [2.75, 3.05) is 0 Å². The largest absolute Gasteiger partial charge is 0.489 e. The number of nitrogens with zero attached hydrogens (tertiary/aromatic N) is 3. The monoisotopic (exact) mass is 506 g/mol. The number of aromatic nitrogens is 2. The van der Waals surface area contributed by atoms with E-state index in [4.69, 9.17) is 21.4 Å². The molecule has 0 aliphatic rings. The van der Waals surface area contributed by atoms with Crippen molar-refractivity contribution in [3.8, 4) is 22.7 Å². The Kier molecular flexibility index (Phi) is 7.39. The summed E-state index contributed by atoms with van der Waals surface area (Å²) in [4.78, 5) is 12.5. The molecule has 0 radical (unpaired) electrons. The number of amides is 1. The van der Waals surface area contributed by atoms with Crippen LogP contribution in [0.2, 0.25) is 5.02 Å². The number of hydrogen-bond acceptors (Lipinski definition) is 4. The van der Waals surface area contributed by atoms with Crippen molar-refractivity contribution in [2.45, 2.75) is 6.61 Å². The maximum absolute atomic E-state index is 12.5. The summed E-state index contributed by atoms with van der Waals surface area (Å²) in [7, 11) is 0. The number of halogens is 1. The van der Waals surface area contributed by atoms with Crippen LogP contribution in [0, 0.1) is 0 Å². The summed E-state index contributed by atoms with van der Waals surface area (Å²) in [5, 5.41) is 9.46. The molecule has 0 unspecified atom stereocenters. The number of nitrogens with one attached hydrogen (secondary N) is 1. The van der Waals surface area contributed by atoms with Crippen molar-refractivity contribution in [3.05, 3.63) is 137 Å². The van der Waals surface area contributed by atoms with E-state index >= 15 is 0 Å². The zero-order valence-corrected chi connectivity index (χ0v) is 20.5. The molecule has 6 nitrogen and oxygen atoms in total. The van der Waals surface area contributed by atoms with E-state index in [0.29, 0.717) is 17.2 Å². The highest BCUT2D eigenvalue weighted by Crippen LogP contribution is 2.25. The van der Waals surface area contributed by atoms with Crippen molar-refractivity contribution < 1.29 is 9.53 Å². The Hall–Kier alpha value is -4.68. The summed E-state index contributed by atoms with van der Waals surface area (Å²) < 4.78 is 7.71. The van der Waals surface area contributed by atoms with E-state index < -0.39 is 0 Å². The van der Waals surface area contributed by atoms with Crippen LogP contribution in [0.25, 0.3) is 16.9 Å². The van der Waals surface area contributed by atoms with Crippen molar-refractivity contribution in [2.24, 2.45) is 5.10 Å². The smallest absolute Gasteiger partial charge is 0.271 e. The Morgan fingerprint density at radius 2 is 1.65 bits per heavy atom. The molecule has 1 N–H and O–H groups in total. The summed E-state index contributed by atoms with van der Waals surface area (Å²) in [6.45, 7) is 0.493. The molecule has 0 saturated heterocycles. The van der Waals surface area contributed by atoms with Crippen molar-refractivity contribution in [1.82, 2.24) is 15.2 Å². The number of rotatable bonds is 8. The summed E-state index contributed by atoms with van der Waals surface area (Å²) >= 11 is 5.99. The maximum atomic E-state index is 12.5. The van der Waals surface area contributed by atoms with Gasteiger partial charge >= 0.3 is 0 Å². The van der Waals surface area contributed by atoms with Gasteiger partial charge in [0.2, 0.25) is 0 Å². The lowest BCUT2D eigenvalue weighted by molar-refractivity contribution is 0.0955. The van der Waals surface area contributed by atoms with Gasteiger partial charge in [-0.2, -0.15) is 10.2 Å². The van der Waals surface area contributed by atoms with Gasteiger partial charge in [-0.1, -0.05) is 66.2 Å². The molecule has 5 aromatic rings. The van der Waals surface area contributed by atoms with Gasteiger partial charge in [0, 0.05) is 27.9 Å². The fraction of sp³-hybridized carbons (Fsp3) is 0.0333. The van der Waals surface area contributed by atoms with E-state index in [1.165, 1.54) is 0 Å². The van der Waals surface area contributed by atoms with Crippen LogP contribution in [-0.4, -0.2) is 21.9 Å². The van der Waals surface area contributed by atoms with Crippen molar-refractivity contribution in [1.29, 1.82) is 0 Å². The number of hydrazone groups is 1. The second-order valence-corrected chi connectivity index (χ2v) is 8.66. The molecule has 1 amide bonds. The van der Waals surface area contributed by atoms with Gasteiger partial charge in [0.15, 0.2) is 0 Å². The molecular weight excluding hydrogens is 484 g/mol. The molecule has 4 aromatic carbocycles. The number of ether oxygens (including phenoxy) is 1. The molecule has 0 aliphatic carbocycles. The van der Waals surface area contributed by atoms with Gasteiger partial charge in [-0.25, -0.2) is 10.1 Å². The zero-order valence-electron chi connectivity index (χ0n) is 19.8. The van der Waals surface area contributed by atoms with Crippen molar-refractivity contribution >= 4 is 23.7 Å². The first-order valence-corrected chi connectivity index (χ1v) is 12.0. The van der Waals surface area contributed by atoms with E-state index in [-0.39, 0.29) is 5.91 Å². The van der Waals surface area contributed by atoms with Crippen LogP contribution in [-0.2, 0) is 6.61 Å². The SMILES string of the molecule is O=C(NN=Cc1cn(-c2ccccc2)nc1-c1ccc(OCc2ccccc2)cc1)c1cccc(Cl)c1. The Balaban J connectivity index is 1.37. The van der Waals surface area contributed by atoms with Gasteiger partial charge in [0.1, 0.15) is 18.1 Å². The zero-order chi connectivity index (χ0) is 25.5. The van der Waals surface area contributed by atoms with E-state index in [2.05, 4.69) is 10.5 Å². The molecule has 0 atom stereocenters. The van der Waals surface area contributed by atoms with Gasteiger partial charge in [-0.15, -0.1) is 0 Å². The maximum Gasteiger partial charge on any atom is 0.271 e. The molecule has 0 bridgehead atoms. The normalized spacial score (nSPS) is 10.9. The number of carbonyl (C=O) groups is 1. The van der Waals surface area contributed by atoms with Crippen LogP contribution in [0.5, 0.6) is 5.75 Å². The van der Waals surface area contributed by atoms with Crippen LogP contribution in [0.3, 0.4) is 0 Å². The third-order valence-electron chi connectivity index (χ3n) is 5.60. The molecule has 0 spiro atoms. The Bertz CT molecular complexity index is 1510. The predicted molar refractivity (Wildman–Crippen MR) is 146 cm³/mol. The van der Waals surface area contributed by atoms with Crippen LogP contribution >= 0.6 is 11.6 Å². The third-order valence-corrected chi connectivity index (χ3v) is 5.83. The van der Waals surface area contributed by atoms with E-state index in [1.54, 1.807) is 35.2 Å². The first kappa shape index (κ1) is 24.0. The fourth-order valence-corrected chi connectivity index (χ4v) is 3.91. The minimum atomic E-state index is -0.351. The lowest BCUT2D eigenvalue weighted by atomic mass is 10.1. The topological polar surface area (TPSA) is 68.5 Å². The number of carbonyl (C=O) groups excluding carboxylic acids is 1. The van der Waals surface area contributed by atoms with E-state index in [1.807, 2.05) is 91.1 Å². The summed E-state index contributed by atoms with van der Waals surface area (Å²) in [6, 6.07) is 34.3. The lowest BCUT2D eigenvalue weighted by Crippen LogP contribution is -2.17. The summed E-state index contributed by atoms with van der Waals surface area (Å²) in [5.74, 6) is 0.412. The summed E-state index contributed by atoms with van der Waals surface area (Å²) in [5.41, 5.74) is 7.36. The van der Waals surface area contributed by atoms with Gasteiger partial charge in [0.25, 0.3) is 5.91 Å². The molecule has 0 saturated carbocycles. The molecule has 1 aromatic heterocycles. The van der Waals surface area contributed by atoms with Gasteiger partial charge in [-0.3, -0.25) is 4.79 Å². The Morgan fingerprint density at radius 3 is 2.38 bits per heavy atom. The highest BCUT2D eigenvalue weighted by Gasteiger charge is 2.12. The highest BCUT2D eigenvalue weighted by molar-refractivity contribution is 6.30. The molecule has 0 aliphatic heterocycles. The van der Waals surface area contributed by atoms with Gasteiger partial charge < -0.3 is 4.74 Å². The van der Waals surface area contributed by atoms with E-state index in [9.17, 15) is 4.79 Å². The Morgan fingerprint density at radius 1 is 0.919 bits per heavy atom. The van der Waals surface area contributed by atoms with Gasteiger partial charge in [0.05, 0.1) is 11.9 Å². The molecule has 1 heterocycles. The minimum absolute atomic E-state index is 0.351. The molecule has 37 heavy (non-hydrogen) atoms. The first-order valence-electron chi connectivity index (χ1n) is 11.7. The minimum Gasteiger partial charge on any atom is -0.489 e. The lowest BCUT2D eigenvalue weighted by Gasteiger charge is -2.07. The molecule has 7 heteroatoms. The quantitative estimate of drug-likeness (QED) is 0.192. The standard InChI is InChI=1S/C30H23ClN4O2/c31-26-11-7-10-24(18-26)30(36)33-32-19-25-20-35(27-12-5-2-6-13-27)34-29(25)23-14-16-28(17-15-23)37-21-22-8-3-1-4-9-22/h1-20H,21H2,(H,33,36). The number of benzene rings is 4. The average molecular weight is 507 g/mol. The molecular formula is C30H23ClN4O2. The van der Waals surface area contributed by atoms with Gasteiger partial charge in [-0.05, 0) is 60.2 Å².